The van der Waals surface area contributed by atoms with E-state index < -0.39 is 0 Å². The van der Waals surface area contributed by atoms with Crippen LogP contribution in [0, 0.1) is 5.92 Å². The largest absolute Gasteiger partial charge is 0.504 e. The number of hydrogen-bond donors (Lipinski definition) is 2. The van der Waals surface area contributed by atoms with Crippen LogP contribution in [0.4, 0.5) is 5.69 Å². The monoisotopic (exact) mass is 406 g/mol. The molecule has 1 amide bonds. The summed E-state index contributed by atoms with van der Waals surface area (Å²) in [6, 6.07) is 11.7. The Morgan fingerprint density at radius 3 is 2.80 bits per heavy atom. The molecule has 0 bridgehead atoms. The first-order chi connectivity index (χ1) is 14.7. The first-order valence-electron chi connectivity index (χ1n) is 10.5. The van der Waals surface area contributed by atoms with E-state index in [1.807, 2.05) is 29.2 Å². The second-order valence-electron chi connectivity index (χ2n) is 8.11. The van der Waals surface area contributed by atoms with Crippen molar-refractivity contribution in [1.82, 2.24) is 4.90 Å². The predicted molar refractivity (Wildman–Crippen MR) is 114 cm³/mol. The van der Waals surface area contributed by atoms with Gasteiger partial charge in [-0.2, -0.15) is 0 Å². The maximum absolute atomic E-state index is 13.0. The molecule has 6 nitrogen and oxygen atoms in total. The number of ether oxygens (including phenoxy) is 2. The molecule has 6 heteroatoms. The molecule has 0 spiro atoms. The van der Waals surface area contributed by atoms with Crippen LogP contribution in [-0.4, -0.2) is 49.3 Å². The number of amides is 1. The van der Waals surface area contributed by atoms with Crippen molar-refractivity contribution in [1.29, 1.82) is 0 Å². The standard InChI is InChI=1S/C24H26N2O4/c1-29-22-8-6-15(14-21(22)27)23-18-4-2-3-17(18)19-13-16(5-7-20(19)25-23)24(28)26-9-11-30-12-10-26/h2-3,5-8,13-14,17-18,23,25,27H,4,9-12H2,1H3. The molecule has 1 aliphatic carbocycles. The van der Waals surface area contributed by atoms with Crippen LogP contribution >= 0.6 is 0 Å². The molecule has 0 aromatic heterocycles. The highest BCUT2D eigenvalue weighted by atomic mass is 16.5. The number of phenols is 1. The Bertz CT molecular complexity index is 997. The number of nitrogens with one attached hydrogen (secondary N) is 1. The van der Waals surface area contributed by atoms with Gasteiger partial charge in [-0.05, 0) is 53.8 Å². The minimum atomic E-state index is 0.0711. The van der Waals surface area contributed by atoms with Crippen LogP contribution in [0.15, 0.2) is 48.6 Å². The molecular weight excluding hydrogens is 380 g/mol. The number of methoxy groups -OCH3 is 1. The van der Waals surface area contributed by atoms with Crippen LogP contribution < -0.4 is 10.1 Å². The molecule has 5 rings (SSSR count). The second kappa shape index (κ2) is 7.69. The van der Waals surface area contributed by atoms with Crippen molar-refractivity contribution in [2.75, 3.05) is 38.7 Å². The molecule has 2 N–H and O–H groups in total. The van der Waals surface area contributed by atoms with Crippen molar-refractivity contribution in [2.45, 2.75) is 18.4 Å². The van der Waals surface area contributed by atoms with Gasteiger partial charge < -0.3 is 24.8 Å². The topological polar surface area (TPSA) is 71.0 Å². The number of carbonyl (C=O) groups excluding carboxylic acids is 1. The average molecular weight is 406 g/mol. The third-order valence-electron chi connectivity index (χ3n) is 6.47. The van der Waals surface area contributed by atoms with Crippen molar-refractivity contribution in [2.24, 2.45) is 5.92 Å². The highest BCUT2D eigenvalue weighted by Crippen LogP contribution is 2.50. The van der Waals surface area contributed by atoms with Gasteiger partial charge >= 0.3 is 0 Å². The molecule has 2 heterocycles. The number of nitrogens with zero attached hydrogens (tertiary/aromatic N) is 1. The number of rotatable bonds is 3. The zero-order valence-electron chi connectivity index (χ0n) is 17.0. The third kappa shape index (κ3) is 3.21. The summed E-state index contributed by atoms with van der Waals surface area (Å²) in [5, 5.41) is 13.9. The normalized spacial score (nSPS) is 24.7. The molecule has 2 aliphatic heterocycles. The summed E-state index contributed by atoms with van der Waals surface area (Å²) in [4.78, 5) is 14.8. The smallest absolute Gasteiger partial charge is 0.254 e. The molecule has 30 heavy (non-hydrogen) atoms. The van der Waals surface area contributed by atoms with Gasteiger partial charge in [0.05, 0.1) is 26.4 Å². The van der Waals surface area contributed by atoms with Crippen molar-refractivity contribution in [3.8, 4) is 11.5 Å². The number of aromatic hydroxyl groups is 1. The van der Waals surface area contributed by atoms with Gasteiger partial charge in [0.1, 0.15) is 0 Å². The number of phenolic OH excluding ortho intramolecular Hbond substituents is 1. The lowest BCUT2D eigenvalue weighted by Crippen LogP contribution is -2.40. The van der Waals surface area contributed by atoms with Crippen molar-refractivity contribution < 1.29 is 19.4 Å². The van der Waals surface area contributed by atoms with Crippen LogP contribution in [0.1, 0.15) is 39.9 Å². The van der Waals surface area contributed by atoms with E-state index in [0.29, 0.717) is 38.0 Å². The molecule has 3 unspecified atom stereocenters. The Morgan fingerprint density at radius 2 is 2.03 bits per heavy atom. The summed E-state index contributed by atoms with van der Waals surface area (Å²) in [6.07, 6.45) is 5.43. The molecule has 1 saturated heterocycles. The molecule has 2 aromatic carbocycles. The summed E-state index contributed by atoms with van der Waals surface area (Å²) in [5.41, 5.74) is 3.98. The summed E-state index contributed by atoms with van der Waals surface area (Å²) < 4.78 is 10.6. The van der Waals surface area contributed by atoms with Crippen LogP contribution in [0.5, 0.6) is 11.5 Å². The van der Waals surface area contributed by atoms with Crippen molar-refractivity contribution >= 4 is 11.6 Å². The van der Waals surface area contributed by atoms with E-state index >= 15 is 0 Å². The summed E-state index contributed by atoms with van der Waals surface area (Å²) >= 11 is 0. The van der Waals surface area contributed by atoms with E-state index in [1.54, 1.807) is 13.2 Å². The Labute approximate surface area is 176 Å². The fourth-order valence-corrected chi connectivity index (χ4v) is 4.91. The zero-order chi connectivity index (χ0) is 20.7. The van der Waals surface area contributed by atoms with E-state index in [9.17, 15) is 9.90 Å². The number of carbonyl (C=O) groups is 1. The SMILES string of the molecule is COc1ccc(C2Nc3ccc(C(=O)N4CCOCC4)cc3C3C=CCC32)cc1O. The maximum Gasteiger partial charge on any atom is 0.254 e. The first-order valence-corrected chi connectivity index (χ1v) is 10.5. The van der Waals surface area contributed by atoms with E-state index in [1.165, 1.54) is 5.56 Å². The highest BCUT2D eigenvalue weighted by Gasteiger charge is 2.38. The summed E-state index contributed by atoms with van der Waals surface area (Å²) in [6.45, 7) is 2.48. The van der Waals surface area contributed by atoms with Crippen LogP contribution in [0.2, 0.25) is 0 Å². The molecule has 156 valence electrons. The summed E-state index contributed by atoms with van der Waals surface area (Å²) in [7, 11) is 1.55. The number of morpholine rings is 1. The Hall–Kier alpha value is -2.99. The highest BCUT2D eigenvalue weighted by molar-refractivity contribution is 5.95. The number of fused-ring (bicyclic) bond motifs is 3. The zero-order valence-corrected chi connectivity index (χ0v) is 17.0. The molecular formula is C24H26N2O4. The van der Waals surface area contributed by atoms with E-state index in [4.69, 9.17) is 9.47 Å². The molecule has 3 aliphatic rings. The first kappa shape index (κ1) is 19.0. The molecule has 0 radical (unpaired) electrons. The molecule has 1 fully saturated rings. The minimum absolute atomic E-state index is 0.0711. The van der Waals surface area contributed by atoms with Crippen molar-refractivity contribution in [3.05, 3.63) is 65.2 Å². The van der Waals surface area contributed by atoms with Gasteiger partial charge in [0, 0.05) is 30.3 Å². The lowest BCUT2D eigenvalue weighted by molar-refractivity contribution is 0.0303. The van der Waals surface area contributed by atoms with E-state index in [0.717, 1.165) is 23.2 Å². The van der Waals surface area contributed by atoms with Gasteiger partial charge in [0.25, 0.3) is 5.91 Å². The Balaban J connectivity index is 1.46. The molecule has 2 aromatic rings. The van der Waals surface area contributed by atoms with Crippen LogP contribution in [-0.2, 0) is 4.74 Å². The van der Waals surface area contributed by atoms with Gasteiger partial charge in [-0.15, -0.1) is 0 Å². The van der Waals surface area contributed by atoms with E-state index in [-0.39, 0.29) is 23.6 Å². The average Bonchev–Trinajstić information content (AvgIpc) is 3.28. The van der Waals surface area contributed by atoms with Gasteiger partial charge in [-0.1, -0.05) is 18.2 Å². The van der Waals surface area contributed by atoms with Crippen LogP contribution in [0.25, 0.3) is 0 Å². The lowest BCUT2D eigenvalue weighted by Gasteiger charge is -2.38. The Morgan fingerprint density at radius 1 is 1.20 bits per heavy atom. The predicted octanol–water partition coefficient (Wildman–Crippen LogP) is 3.70. The van der Waals surface area contributed by atoms with Crippen molar-refractivity contribution in [3.63, 3.8) is 0 Å². The number of anilines is 1. The minimum Gasteiger partial charge on any atom is -0.504 e. The lowest BCUT2D eigenvalue weighted by atomic mass is 9.76. The fraction of sp³-hybridized carbons (Fsp3) is 0.375. The fourth-order valence-electron chi connectivity index (χ4n) is 4.91. The third-order valence-corrected chi connectivity index (χ3v) is 6.47. The second-order valence-corrected chi connectivity index (χ2v) is 8.11. The Kier molecular flexibility index (Phi) is 4.87. The molecule has 3 atom stereocenters. The molecule has 0 saturated carbocycles. The van der Waals surface area contributed by atoms with Gasteiger partial charge in [-0.3, -0.25) is 4.79 Å². The number of allylic oxidation sites excluding steroid dienone is 2. The quantitative estimate of drug-likeness (QED) is 0.761. The number of hydrogen-bond acceptors (Lipinski definition) is 5. The van der Waals surface area contributed by atoms with Crippen LogP contribution in [0.3, 0.4) is 0 Å². The maximum atomic E-state index is 13.0. The van der Waals surface area contributed by atoms with Gasteiger partial charge in [0.15, 0.2) is 11.5 Å². The van der Waals surface area contributed by atoms with Gasteiger partial charge in [0.2, 0.25) is 0 Å². The van der Waals surface area contributed by atoms with E-state index in [2.05, 4.69) is 23.5 Å². The van der Waals surface area contributed by atoms with Gasteiger partial charge in [-0.25, -0.2) is 0 Å². The summed E-state index contributed by atoms with van der Waals surface area (Å²) in [5.74, 6) is 1.27. The number of benzene rings is 2.